The van der Waals surface area contributed by atoms with Gasteiger partial charge in [-0.05, 0) is 36.8 Å². The maximum atomic E-state index is 4.37. The van der Waals surface area contributed by atoms with E-state index in [-0.39, 0.29) is 5.41 Å². The molecule has 0 amide bonds. The fraction of sp³-hybridized carbons (Fsp3) is 0.500. The van der Waals surface area contributed by atoms with Crippen LogP contribution < -0.4 is 10.6 Å². The predicted octanol–water partition coefficient (Wildman–Crippen LogP) is 2.64. The lowest BCUT2D eigenvalue weighted by molar-refractivity contribution is 0.244. The van der Waals surface area contributed by atoms with Gasteiger partial charge in [-0.2, -0.15) is 5.10 Å². The van der Waals surface area contributed by atoms with Gasteiger partial charge in [0.2, 0.25) is 0 Å². The van der Waals surface area contributed by atoms with Crippen LogP contribution in [0.15, 0.2) is 47.7 Å². The van der Waals surface area contributed by atoms with Crippen LogP contribution in [0, 0.1) is 0 Å². The summed E-state index contributed by atoms with van der Waals surface area (Å²) in [5, 5.41) is 11.2. The first-order chi connectivity index (χ1) is 12.2. The zero-order valence-corrected chi connectivity index (χ0v) is 15.3. The van der Waals surface area contributed by atoms with E-state index in [1.807, 2.05) is 25.0 Å². The number of aryl methyl sites for hydroxylation is 2. The van der Waals surface area contributed by atoms with Gasteiger partial charge in [0.25, 0.3) is 0 Å². The van der Waals surface area contributed by atoms with Gasteiger partial charge in [0.05, 0.1) is 6.20 Å². The van der Waals surface area contributed by atoms with Crippen molar-refractivity contribution in [1.82, 2.24) is 20.4 Å². The molecule has 1 aliphatic carbocycles. The average Bonchev–Trinajstić information content (AvgIpc) is 3.02. The number of hydrogen-bond donors (Lipinski definition) is 2. The number of guanidine groups is 1. The fourth-order valence-electron chi connectivity index (χ4n) is 3.54. The first-order valence-corrected chi connectivity index (χ1v) is 9.19. The van der Waals surface area contributed by atoms with Gasteiger partial charge in [0.15, 0.2) is 5.96 Å². The highest BCUT2D eigenvalue weighted by atomic mass is 15.2. The van der Waals surface area contributed by atoms with Crippen LogP contribution in [-0.4, -0.2) is 35.9 Å². The number of nitrogens with one attached hydrogen (secondary N) is 2. The minimum Gasteiger partial charge on any atom is -0.356 e. The van der Waals surface area contributed by atoms with Crippen molar-refractivity contribution in [3.63, 3.8) is 0 Å². The average molecular weight is 339 g/mol. The van der Waals surface area contributed by atoms with Gasteiger partial charge < -0.3 is 10.6 Å². The fourth-order valence-corrected chi connectivity index (χ4v) is 3.54. The summed E-state index contributed by atoms with van der Waals surface area (Å²) in [7, 11) is 3.79. The summed E-state index contributed by atoms with van der Waals surface area (Å²) in [6.07, 6.45) is 9.93. The molecule has 1 aromatic heterocycles. The van der Waals surface area contributed by atoms with Crippen LogP contribution in [0.4, 0.5) is 0 Å². The Morgan fingerprint density at radius 3 is 2.64 bits per heavy atom. The monoisotopic (exact) mass is 339 g/mol. The zero-order valence-electron chi connectivity index (χ0n) is 15.3. The molecule has 2 N–H and O–H groups in total. The lowest BCUT2D eigenvalue weighted by Gasteiger charge is -2.43. The molecule has 3 rings (SSSR count). The van der Waals surface area contributed by atoms with E-state index >= 15 is 0 Å². The normalized spacial score (nSPS) is 16.3. The van der Waals surface area contributed by atoms with Crippen molar-refractivity contribution in [3.8, 4) is 0 Å². The molecule has 134 valence electrons. The van der Waals surface area contributed by atoms with Crippen LogP contribution in [0.2, 0.25) is 0 Å². The van der Waals surface area contributed by atoms with Crippen LogP contribution in [0.25, 0.3) is 0 Å². The molecule has 0 spiro atoms. The van der Waals surface area contributed by atoms with Gasteiger partial charge in [0.1, 0.15) is 0 Å². The Labute approximate surface area is 150 Å². The molecular weight excluding hydrogens is 310 g/mol. The molecule has 1 heterocycles. The van der Waals surface area contributed by atoms with Crippen molar-refractivity contribution < 1.29 is 0 Å². The Morgan fingerprint density at radius 1 is 1.24 bits per heavy atom. The Bertz CT molecular complexity index is 685. The predicted molar refractivity (Wildman–Crippen MR) is 103 cm³/mol. The molecule has 1 saturated carbocycles. The minimum atomic E-state index is 0.272. The summed E-state index contributed by atoms with van der Waals surface area (Å²) < 4.78 is 1.85. The van der Waals surface area contributed by atoms with Crippen molar-refractivity contribution in [2.45, 2.75) is 37.5 Å². The molecule has 1 fully saturated rings. The molecule has 1 aromatic carbocycles. The van der Waals surface area contributed by atoms with E-state index in [2.05, 4.69) is 57.3 Å². The Kier molecular flexibility index (Phi) is 5.74. The van der Waals surface area contributed by atoms with Crippen LogP contribution in [0.5, 0.6) is 0 Å². The Morgan fingerprint density at radius 2 is 2.04 bits per heavy atom. The molecule has 5 nitrogen and oxygen atoms in total. The highest BCUT2D eigenvalue weighted by Crippen LogP contribution is 2.43. The zero-order chi connectivity index (χ0) is 17.5. The third-order valence-corrected chi connectivity index (χ3v) is 5.21. The molecule has 0 radical (unpaired) electrons. The molecule has 2 aromatic rings. The van der Waals surface area contributed by atoms with Crippen molar-refractivity contribution in [2.24, 2.45) is 12.0 Å². The second kappa shape index (κ2) is 8.19. The largest absolute Gasteiger partial charge is 0.356 e. The van der Waals surface area contributed by atoms with Crippen molar-refractivity contribution >= 4 is 5.96 Å². The Hall–Kier alpha value is -2.30. The molecule has 25 heavy (non-hydrogen) atoms. The van der Waals surface area contributed by atoms with E-state index in [1.54, 1.807) is 0 Å². The summed E-state index contributed by atoms with van der Waals surface area (Å²) in [6.45, 7) is 1.85. The van der Waals surface area contributed by atoms with E-state index in [4.69, 9.17) is 0 Å². The molecule has 0 saturated heterocycles. The van der Waals surface area contributed by atoms with E-state index in [0.717, 1.165) is 31.9 Å². The third-order valence-electron chi connectivity index (χ3n) is 5.21. The standard InChI is InChI=1S/C20H29N5/c1-21-19(22-13-6-8-17-14-24-25(2)15-17)23-16-20(11-7-12-20)18-9-4-3-5-10-18/h3-5,9-10,14-15H,6-8,11-13,16H2,1-2H3,(H2,21,22,23). The summed E-state index contributed by atoms with van der Waals surface area (Å²) in [5.74, 6) is 0.897. The topological polar surface area (TPSA) is 54.2 Å². The lowest BCUT2D eigenvalue weighted by atomic mass is 9.64. The number of aromatic nitrogens is 2. The van der Waals surface area contributed by atoms with Gasteiger partial charge in [-0.3, -0.25) is 9.67 Å². The highest BCUT2D eigenvalue weighted by molar-refractivity contribution is 5.79. The van der Waals surface area contributed by atoms with Gasteiger partial charge in [-0.1, -0.05) is 36.8 Å². The molecular formula is C20H29N5. The second-order valence-corrected chi connectivity index (χ2v) is 6.98. The van der Waals surface area contributed by atoms with E-state index in [1.165, 1.54) is 30.4 Å². The summed E-state index contributed by atoms with van der Waals surface area (Å²) in [4.78, 5) is 4.37. The van der Waals surface area contributed by atoms with Crippen LogP contribution in [0.1, 0.15) is 36.8 Å². The van der Waals surface area contributed by atoms with Crippen molar-refractivity contribution in [1.29, 1.82) is 0 Å². The summed E-state index contributed by atoms with van der Waals surface area (Å²) >= 11 is 0. The quantitative estimate of drug-likeness (QED) is 0.463. The molecule has 1 aliphatic rings. The number of nitrogens with zero attached hydrogens (tertiary/aromatic N) is 3. The number of hydrogen-bond acceptors (Lipinski definition) is 2. The molecule has 0 atom stereocenters. The molecule has 5 heteroatoms. The Balaban J connectivity index is 1.44. The number of aliphatic imine (C=N–C) groups is 1. The summed E-state index contributed by atoms with van der Waals surface area (Å²) in [6, 6.07) is 10.9. The van der Waals surface area contributed by atoms with Crippen LogP contribution in [-0.2, 0) is 18.9 Å². The molecule has 0 unspecified atom stereocenters. The van der Waals surface area contributed by atoms with Gasteiger partial charge in [-0.25, -0.2) is 0 Å². The highest BCUT2D eigenvalue weighted by Gasteiger charge is 2.38. The SMILES string of the molecule is CN=C(NCCCc1cnn(C)c1)NCC1(c2ccccc2)CCC1. The molecule has 0 aliphatic heterocycles. The third kappa shape index (κ3) is 4.41. The molecule has 0 bridgehead atoms. The number of rotatable bonds is 7. The lowest BCUT2D eigenvalue weighted by Crippen LogP contribution is -2.49. The minimum absolute atomic E-state index is 0.272. The van der Waals surface area contributed by atoms with Gasteiger partial charge >= 0.3 is 0 Å². The van der Waals surface area contributed by atoms with Crippen LogP contribution in [0.3, 0.4) is 0 Å². The van der Waals surface area contributed by atoms with E-state index < -0.39 is 0 Å². The van der Waals surface area contributed by atoms with Crippen LogP contribution >= 0.6 is 0 Å². The first-order valence-electron chi connectivity index (χ1n) is 9.19. The first kappa shape index (κ1) is 17.5. The smallest absolute Gasteiger partial charge is 0.191 e. The van der Waals surface area contributed by atoms with Gasteiger partial charge in [-0.15, -0.1) is 0 Å². The van der Waals surface area contributed by atoms with E-state index in [9.17, 15) is 0 Å². The van der Waals surface area contributed by atoms with Gasteiger partial charge in [0, 0.05) is 38.8 Å². The van der Waals surface area contributed by atoms with Crippen molar-refractivity contribution in [3.05, 3.63) is 53.9 Å². The van der Waals surface area contributed by atoms with Crippen molar-refractivity contribution in [2.75, 3.05) is 20.1 Å². The summed E-state index contributed by atoms with van der Waals surface area (Å²) in [5.41, 5.74) is 3.00. The maximum absolute atomic E-state index is 4.37. The maximum Gasteiger partial charge on any atom is 0.191 e. The second-order valence-electron chi connectivity index (χ2n) is 6.98. The van der Waals surface area contributed by atoms with E-state index in [0.29, 0.717) is 0 Å². The number of benzene rings is 1.